The highest BCUT2D eigenvalue weighted by Crippen LogP contribution is 2.43. The first kappa shape index (κ1) is 15.9. The zero-order valence-corrected chi connectivity index (χ0v) is 14.5. The molecule has 24 heavy (non-hydrogen) atoms. The lowest BCUT2D eigenvalue weighted by molar-refractivity contribution is -0.118. The van der Waals surface area contributed by atoms with E-state index in [9.17, 15) is 13.2 Å². The van der Waals surface area contributed by atoms with Crippen LogP contribution in [0.25, 0.3) is 0 Å². The minimum atomic E-state index is -3.57. The SMILES string of the molecule is O=C(Cc1ccc2c(c1)CCO2)NS(=O)(=O)C1CC2CCC1CC2. The van der Waals surface area contributed by atoms with Crippen LogP contribution in [0.3, 0.4) is 0 Å². The van der Waals surface area contributed by atoms with E-state index in [4.69, 9.17) is 4.74 Å². The van der Waals surface area contributed by atoms with Crippen LogP contribution in [-0.4, -0.2) is 26.2 Å². The standard InChI is InChI=1S/C18H23NO4S/c20-18(11-13-3-6-16-15(9-13)7-8-23-16)19-24(21,22)17-10-12-1-4-14(17)5-2-12/h3,6,9,12,14,17H,1-2,4-5,7-8,10-11H2,(H,19,20). The second kappa shape index (κ2) is 6.06. The number of carbonyl (C=O) groups excluding carboxylic acids is 1. The fourth-order valence-corrected chi connectivity index (χ4v) is 6.35. The Morgan fingerprint density at radius 1 is 1.21 bits per heavy atom. The summed E-state index contributed by atoms with van der Waals surface area (Å²) in [6.45, 7) is 0.670. The first-order valence-corrected chi connectivity index (χ1v) is 10.3. The predicted octanol–water partition coefficient (Wildman–Crippen LogP) is 2.19. The first-order chi connectivity index (χ1) is 11.5. The number of hydrogen-bond acceptors (Lipinski definition) is 4. The minimum absolute atomic E-state index is 0.0906. The van der Waals surface area contributed by atoms with Crippen molar-refractivity contribution in [2.24, 2.45) is 11.8 Å². The van der Waals surface area contributed by atoms with Crippen LogP contribution >= 0.6 is 0 Å². The third-order valence-corrected chi connectivity index (χ3v) is 7.64. The lowest BCUT2D eigenvalue weighted by Crippen LogP contribution is -2.47. The predicted molar refractivity (Wildman–Crippen MR) is 90.3 cm³/mol. The Balaban J connectivity index is 1.42. The maximum absolute atomic E-state index is 12.6. The number of hydrogen-bond donors (Lipinski definition) is 1. The molecule has 3 aliphatic carbocycles. The van der Waals surface area contributed by atoms with Gasteiger partial charge in [0.05, 0.1) is 18.3 Å². The van der Waals surface area contributed by atoms with Crippen molar-refractivity contribution in [1.82, 2.24) is 4.72 Å². The topological polar surface area (TPSA) is 72.5 Å². The van der Waals surface area contributed by atoms with Crippen molar-refractivity contribution in [2.45, 2.75) is 50.2 Å². The molecule has 5 nitrogen and oxygen atoms in total. The highest BCUT2D eigenvalue weighted by Gasteiger charge is 2.43. The van der Waals surface area contributed by atoms with E-state index in [2.05, 4.69) is 4.72 Å². The summed E-state index contributed by atoms with van der Waals surface area (Å²) < 4.78 is 33.0. The maximum atomic E-state index is 12.6. The third kappa shape index (κ3) is 3.04. The fraction of sp³-hybridized carbons (Fsp3) is 0.611. The molecular formula is C18H23NO4S. The van der Waals surface area contributed by atoms with Gasteiger partial charge in [-0.2, -0.15) is 0 Å². The molecule has 0 radical (unpaired) electrons. The molecule has 1 atom stereocenters. The third-order valence-electron chi connectivity index (χ3n) is 5.76. The second-order valence-corrected chi connectivity index (χ2v) is 9.24. The Morgan fingerprint density at radius 3 is 2.71 bits per heavy atom. The first-order valence-electron chi connectivity index (χ1n) is 8.80. The van der Waals surface area contributed by atoms with Crippen LogP contribution in [-0.2, 0) is 27.7 Å². The van der Waals surface area contributed by atoms with E-state index in [-0.39, 0.29) is 17.6 Å². The normalized spacial score (nSPS) is 28.2. The van der Waals surface area contributed by atoms with Crippen LogP contribution in [0.1, 0.15) is 43.2 Å². The maximum Gasteiger partial charge on any atom is 0.238 e. The average Bonchev–Trinajstić information content (AvgIpc) is 3.03. The van der Waals surface area contributed by atoms with E-state index in [0.29, 0.717) is 18.9 Å². The van der Waals surface area contributed by atoms with Gasteiger partial charge in [0.25, 0.3) is 0 Å². The Bertz CT molecular complexity index is 750. The summed E-state index contributed by atoms with van der Waals surface area (Å²) in [6, 6.07) is 5.63. The number of nitrogens with one attached hydrogen (secondary N) is 1. The summed E-state index contributed by atoms with van der Waals surface area (Å²) in [6.07, 6.45) is 5.89. The van der Waals surface area contributed by atoms with Gasteiger partial charge in [-0.15, -0.1) is 0 Å². The molecule has 3 fully saturated rings. The zero-order chi connectivity index (χ0) is 16.7. The molecule has 2 bridgehead atoms. The highest BCUT2D eigenvalue weighted by molar-refractivity contribution is 7.90. The summed E-state index contributed by atoms with van der Waals surface area (Å²) in [7, 11) is -3.57. The summed E-state index contributed by atoms with van der Waals surface area (Å²) in [4.78, 5) is 12.3. The Kier molecular flexibility index (Phi) is 4.03. The van der Waals surface area contributed by atoms with Gasteiger partial charge in [0, 0.05) is 6.42 Å². The highest BCUT2D eigenvalue weighted by atomic mass is 32.2. The number of benzene rings is 1. The van der Waals surface area contributed by atoms with Crippen molar-refractivity contribution in [3.05, 3.63) is 29.3 Å². The van der Waals surface area contributed by atoms with Gasteiger partial charge < -0.3 is 4.74 Å². The van der Waals surface area contributed by atoms with Gasteiger partial charge in [0.1, 0.15) is 5.75 Å². The molecule has 5 rings (SSSR count). The molecule has 0 aromatic heterocycles. The van der Waals surface area contributed by atoms with Gasteiger partial charge in [-0.3, -0.25) is 9.52 Å². The van der Waals surface area contributed by atoms with Crippen molar-refractivity contribution < 1.29 is 17.9 Å². The molecule has 4 aliphatic rings. The van der Waals surface area contributed by atoms with Crippen LogP contribution in [0.2, 0.25) is 0 Å². The van der Waals surface area contributed by atoms with Gasteiger partial charge in [-0.05, 0) is 48.3 Å². The van der Waals surface area contributed by atoms with Crippen LogP contribution in [0.15, 0.2) is 18.2 Å². The van der Waals surface area contributed by atoms with Crippen LogP contribution in [0, 0.1) is 11.8 Å². The summed E-state index contributed by atoms with van der Waals surface area (Å²) in [5, 5.41) is -0.387. The molecule has 130 valence electrons. The molecule has 6 heteroatoms. The minimum Gasteiger partial charge on any atom is -0.493 e. The van der Waals surface area contributed by atoms with E-state index in [1.807, 2.05) is 18.2 Å². The molecular weight excluding hydrogens is 326 g/mol. The molecule has 1 N–H and O–H groups in total. The molecule has 1 aliphatic heterocycles. The second-order valence-electron chi connectivity index (χ2n) is 7.34. The van der Waals surface area contributed by atoms with Crippen molar-refractivity contribution >= 4 is 15.9 Å². The summed E-state index contributed by atoms with van der Waals surface area (Å²) in [5.41, 5.74) is 1.92. The van der Waals surface area contributed by atoms with Crippen LogP contribution in [0.4, 0.5) is 0 Å². The number of sulfonamides is 1. The van der Waals surface area contributed by atoms with Crippen molar-refractivity contribution in [3.63, 3.8) is 0 Å². The average molecular weight is 349 g/mol. The molecule has 3 saturated carbocycles. The molecule has 1 amide bonds. The number of rotatable bonds is 4. The zero-order valence-electron chi connectivity index (χ0n) is 13.7. The molecule has 1 heterocycles. The number of amides is 1. The smallest absolute Gasteiger partial charge is 0.238 e. The van der Waals surface area contributed by atoms with Crippen LogP contribution in [0.5, 0.6) is 5.75 Å². The molecule has 0 saturated heterocycles. The molecule has 1 aromatic carbocycles. The van der Waals surface area contributed by atoms with E-state index in [1.54, 1.807) is 0 Å². The largest absolute Gasteiger partial charge is 0.493 e. The summed E-state index contributed by atoms with van der Waals surface area (Å²) >= 11 is 0. The van der Waals surface area contributed by atoms with Crippen molar-refractivity contribution in [3.8, 4) is 5.75 Å². The van der Waals surface area contributed by atoms with E-state index in [0.717, 1.165) is 49.0 Å². The van der Waals surface area contributed by atoms with E-state index in [1.165, 1.54) is 0 Å². The lowest BCUT2D eigenvalue weighted by atomic mass is 9.70. The Hall–Kier alpha value is -1.56. The lowest BCUT2D eigenvalue weighted by Gasteiger charge is -2.41. The van der Waals surface area contributed by atoms with E-state index < -0.39 is 15.9 Å². The molecule has 1 aromatic rings. The molecule has 1 unspecified atom stereocenters. The van der Waals surface area contributed by atoms with Gasteiger partial charge in [-0.1, -0.05) is 25.0 Å². The van der Waals surface area contributed by atoms with Gasteiger partial charge >= 0.3 is 0 Å². The number of carbonyl (C=O) groups is 1. The monoisotopic (exact) mass is 349 g/mol. The van der Waals surface area contributed by atoms with Crippen molar-refractivity contribution in [2.75, 3.05) is 6.61 Å². The number of ether oxygens (including phenoxy) is 1. The molecule has 0 spiro atoms. The van der Waals surface area contributed by atoms with Crippen LogP contribution < -0.4 is 9.46 Å². The van der Waals surface area contributed by atoms with Gasteiger partial charge in [-0.25, -0.2) is 8.42 Å². The Labute approximate surface area is 142 Å². The van der Waals surface area contributed by atoms with Gasteiger partial charge in [0.15, 0.2) is 0 Å². The summed E-state index contributed by atoms with van der Waals surface area (Å²) in [5.74, 6) is 1.17. The van der Waals surface area contributed by atoms with Crippen molar-refractivity contribution in [1.29, 1.82) is 0 Å². The quantitative estimate of drug-likeness (QED) is 0.904. The fourth-order valence-electron chi connectivity index (χ4n) is 4.50. The Morgan fingerprint density at radius 2 is 2.00 bits per heavy atom. The van der Waals surface area contributed by atoms with Gasteiger partial charge in [0.2, 0.25) is 15.9 Å². The van der Waals surface area contributed by atoms with E-state index >= 15 is 0 Å². The number of fused-ring (bicyclic) bond motifs is 4.